The number of carbonyl (C=O) groups excluding carboxylic acids is 1. The zero-order chi connectivity index (χ0) is 20.2. The SMILES string of the molecule is CCOc1ccc(C(C)NC(=O)CCCNC(=NC)NCc2ccco2)cc1. The van der Waals surface area contributed by atoms with Crippen LogP contribution in [0.25, 0.3) is 0 Å². The predicted octanol–water partition coefficient (Wildman–Crippen LogP) is 3.00. The van der Waals surface area contributed by atoms with Crippen LogP contribution in [0.15, 0.2) is 52.1 Å². The van der Waals surface area contributed by atoms with Crippen LogP contribution in [0.2, 0.25) is 0 Å². The highest BCUT2D eigenvalue weighted by Gasteiger charge is 2.09. The molecule has 3 N–H and O–H groups in total. The molecule has 28 heavy (non-hydrogen) atoms. The second-order valence-electron chi connectivity index (χ2n) is 6.33. The molecule has 1 atom stereocenters. The molecule has 0 fully saturated rings. The summed E-state index contributed by atoms with van der Waals surface area (Å²) in [4.78, 5) is 16.3. The lowest BCUT2D eigenvalue weighted by molar-refractivity contribution is -0.121. The zero-order valence-corrected chi connectivity index (χ0v) is 16.8. The molecule has 7 heteroatoms. The summed E-state index contributed by atoms with van der Waals surface area (Å²) in [5, 5.41) is 9.38. The van der Waals surface area contributed by atoms with Gasteiger partial charge >= 0.3 is 0 Å². The van der Waals surface area contributed by atoms with E-state index >= 15 is 0 Å². The fourth-order valence-electron chi connectivity index (χ4n) is 2.68. The van der Waals surface area contributed by atoms with Gasteiger partial charge in [0.1, 0.15) is 11.5 Å². The van der Waals surface area contributed by atoms with Gasteiger partial charge in [0, 0.05) is 20.0 Å². The van der Waals surface area contributed by atoms with Crippen LogP contribution >= 0.6 is 0 Å². The molecule has 0 spiro atoms. The minimum atomic E-state index is -0.0427. The van der Waals surface area contributed by atoms with Gasteiger partial charge in [-0.1, -0.05) is 12.1 Å². The Morgan fingerprint density at radius 3 is 2.64 bits per heavy atom. The van der Waals surface area contributed by atoms with Crippen LogP contribution in [-0.2, 0) is 11.3 Å². The highest BCUT2D eigenvalue weighted by Crippen LogP contribution is 2.17. The van der Waals surface area contributed by atoms with Crippen molar-refractivity contribution < 1.29 is 13.9 Å². The van der Waals surface area contributed by atoms with E-state index in [1.807, 2.05) is 50.2 Å². The monoisotopic (exact) mass is 386 g/mol. The Morgan fingerprint density at radius 2 is 2.00 bits per heavy atom. The molecule has 1 heterocycles. The van der Waals surface area contributed by atoms with Gasteiger partial charge in [-0.15, -0.1) is 0 Å². The minimum absolute atomic E-state index is 0.0294. The van der Waals surface area contributed by atoms with Crippen molar-refractivity contribution in [2.45, 2.75) is 39.3 Å². The number of aliphatic imine (C=N–C) groups is 1. The molecule has 1 aromatic heterocycles. The second-order valence-corrected chi connectivity index (χ2v) is 6.33. The van der Waals surface area contributed by atoms with Gasteiger partial charge in [-0.2, -0.15) is 0 Å². The number of nitrogens with one attached hydrogen (secondary N) is 3. The predicted molar refractivity (Wildman–Crippen MR) is 110 cm³/mol. The average molecular weight is 386 g/mol. The van der Waals surface area contributed by atoms with E-state index in [1.165, 1.54) is 0 Å². The molecule has 1 unspecified atom stereocenters. The first-order valence-corrected chi connectivity index (χ1v) is 9.61. The molecule has 0 radical (unpaired) electrons. The summed E-state index contributed by atoms with van der Waals surface area (Å²) in [5.41, 5.74) is 1.05. The Morgan fingerprint density at radius 1 is 1.21 bits per heavy atom. The third-order valence-electron chi connectivity index (χ3n) is 4.18. The molecular weight excluding hydrogens is 356 g/mol. The molecule has 2 aromatic rings. The second kappa shape index (κ2) is 11.7. The topological polar surface area (TPSA) is 87.9 Å². The van der Waals surface area contributed by atoms with Crippen molar-refractivity contribution in [1.82, 2.24) is 16.0 Å². The van der Waals surface area contributed by atoms with E-state index in [2.05, 4.69) is 20.9 Å². The Kier molecular flexibility index (Phi) is 8.91. The van der Waals surface area contributed by atoms with E-state index in [9.17, 15) is 4.79 Å². The first kappa shape index (κ1) is 21.3. The maximum absolute atomic E-state index is 12.2. The van der Waals surface area contributed by atoms with Gasteiger partial charge in [0.15, 0.2) is 5.96 Å². The van der Waals surface area contributed by atoms with Crippen LogP contribution in [0.3, 0.4) is 0 Å². The van der Waals surface area contributed by atoms with E-state index in [4.69, 9.17) is 9.15 Å². The lowest BCUT2D eigenvalue weighted by Crippen LogP contribution is -2.37. The maximum atomic E-state index is 12.2. The number of rotatable bonds is 10. The summed E-state index contributed by atoms with van der Waals surface area (Å²) in [7, 11) is 1.71. The summed E-state index contributed by atoms with van der Waals surface area (Å²) < 4.78 is 10.7. The molecular formula is C21H30N4O3. The average Bonchev–Trinajstić information content (AvgIpc) is 3.22. The zero-order valence-electron chi connectivity index (χ0n) is 16.8. The van der Waals surface area contributed by atoms with E-state index in [0.29, 0.717) is 38.5 Å². The third kappa shape index (κ3) is 7.34. The molecule has 2 rings (SSSR count). The lowest BCUT2D eigenvalue weighted by atomic mass is 10.1. The minimum Gasteiger partial charge on any atom is -0.494 e. The summed E-state index contributed by atoms with van der Waals surface area (Å²) in [5.74, 6) is 2.39. The molecule has 0 aliphatic carbocycles. The number of carbonyl (C=O) groups is 1. The lowest BCUT2D eigenvalue weighted by Gasteiger charge is -2.15. The number of nitrogens with zero attached hydrogens (tertiary/aromatic N) is 1. The van der Waals surface area contributed by atoms with Crippen molar-refractivity contribution in [3.05, 3.63) is 54.0 Å². The first-order valence-electron chi connectivity index (χ1n) is 9.61. The number of furan rings is 1. The van der Waals surface area contributed by atoms with Crippen molar-refractivity contribution >= 4 is 11.9 Å². The molecule has 1 amide bonds. The fourth-order valence-corrected chi connectivity index (χ4v) is 2.68. The maximum Gasteiger partial charge on any atom is 0.220 e. The number of ether oxygens (including phenoxy) is 1. The Bertz CT molecular complexity index is 727. The van der Waals surface area contributed by atoms with E-state index in [-0.39, 0.29) is 11.9 Å². The quantitative estimate of drug-likeness (QED) is 0.332. The Labute approximate surface area is 166 Å². The van der Waals surface area contributed by atoms with Crippen LogP contribution in [0.5, 0.6) is 5.75 Å². The normalized spacial score (nSPS) is 12.3. The van der Waals surface area contributed by atoms with Crippen LogP contribution in [0.4, 0.5) is 0 Å². The Balaban J connectivity index is 1.64. The molecule has 7 nitrogen and oxygen atoms in total. The van der Waals surface area contributed by atoms with Gasteiger partial charge in [0.05, 0.1) is 25.5 Å². The van der Waals surface area contributed by atoms with Gasteiger partial charge in [0.2, 0.25) is 5.91 Å². The van der Waals surface area contributed by atoms with Gasteiger partial charge in [-0.3, -0.25) is 9.79 Å². The molecule has 0 aliphatic heterocycles. The molecule has 0 saturated carbocycles. The number of benzene rings is 1. The van der Waals surface area contributed by atoms with Crippen molar-refractivity contribution in [3.63, 3.8) is 0 Å². The molecule has 1 aromatic carbocycles. The third-order valence-corrected chi connectivity index (χ3v) is 4.18. The van der Waals surface area contributed by atoms with Gasteiger partial charge < -0.3 is 25.1 Å². The largest absolute Gasteiger partial charge is 0.494 e. The molecule has 0 saturated heterocycles. The highest BCUT2D eigenvalue weighted by atomic mass is 16.5. The molecule has 0 aliphatic rings. The van der Waals surface area contributed by atoms with Crippen molar-refractivity contribution in [3.8, 4) is 5.75 Å². The highest BCUT2D eigenvalue weighted by molar-refractivity contribution is 5.79. The van der Waals surface area contributed by atoms with Crippen LogP contribution in [0, 0.1) is 0 Å². The number of amides is 1. The Hall–Kier alpha value is -2.96. The summed E-state index contributed by atoms with van der Waals surface area (Å²) in [6.45, 7) is 5.79. The number of guanidine groups is 1. The van der Waals surface area contributed by atoms with Crippen LogP contribution < -0.4 is 20.7 Å². The molecule has 152 valence electrons. The summed E-state index contributed by atoms with van der Waals surface area (Å²) in [6.07, 6.45) is 2.80. The van der Waals surface area contributed by atoms with E-state index in [1.54, 1.807) is 13.3 Å². The van der Waals surface area contributed by atoms with Crippen molar-refractivity contribution in [2.24, 2.45) is 4.99 Å². The van der Waals surface area contributed by atoms with Gasteiger partial charge in [0.25, 0.3) is 0 Å². The summed E-state index contributed by atoms with van der Waals surface area (Å²) >= 11 is 0. The van der Waals surface area contributed by atoms with Crippen LogP contribution in [-0.4, -0.2) is 32.1 Å². The van der Waals surface area contributed by atoms with Crippen molar-refractivity contribution in [2.75, 3.05) is 20.2 Å². The first-order chi connectivity index (χ1) is 13.6. The van der Waals surface area contributed by atoms with E-state index < -0.39 is 0 Å². The van der Waals surface area contributed by atoms with Gasteiger partial charge in [-0.25, -0.2) is 0 Å². The van der Waals surface area contributed by atoms with E-state index in [0.717, 1.165) is 17.1 Å². The van der Waals surface area contributed by atoms with Crippen molar-refractivity contribution in [1.29, 1.82) is 0 Å². The fraction of sp³-hybridized carbons (Fsp3) is 0.429. The number of hydrogen-bond acceptors (Lipinski definition) is 4. The van der Waals surface area contributed by atoms with Gasteiger partial charge in [-0.05, 0) is 50.1 Å². The smallest absolute Gasteiger partial charge is 0.220 e. The van der Waals surface area contributed by atoms with Crippen LogP contribution in [0.1, 0.15) is 44.1 Å². The molecule has 0 bridgehead atoms. The standard InChI is InChI=1S/C21H30N4O3/c1-4-27-18-11-9-17(10-12-18)16(2)25-20(26)8-5-13-23-21(22-3)24-15-19-7-6-14-28-19/h6-7,9-12,14,16H,4-5,8,13,15H2,1-3H3,(H,25,26)(H2,22,23,24). The number of hydrogen-bond donors (Lipinski definition) is 3. The summed E-state index contributed by atoms with van der Waals surface area (Å²) in [6, 6.07) is 11.5.